The third kappa shape index (κ3) is 2.85. The van der Waals surface area contributed by atoms with Gasteiger partial charge in [-0.2, -0.15) is 13.2 Å². The van der Waals surface area contributed by atoms with E-state index in [1.165, 1.54) is 24.3 Å². The smallest absolute Gasteiger partial charge is 0.432 e. The van der Waals surface area contributed by atoms with Crippen molar-refractivity contribution in [2.24, 2.45) is 0 Å². The third-order valence-electron chi connectivity index (χ3n) is 3.10. The van der Waals surface area contributed by atoms with E-state index in [0.717, 1.165) is 6.08 Å². The van der Waals surface area contributed by atoms with E-state index in [9.17, 15) is 18.0 Å². The lowest BCUT2D eigenvalue weighted by atomic mass is 9.90. The molecule has 2 rings (SSSR count). The van der Waals surface area contributed by atoms with Crippen LogP contribution in [0.2, 0.25) is 5.02 Å². The summed E-state index contributed by atoms with van der Waals surface area (Å²) in [7, 11) is 0. The molecule has 1 aromatic rings. The minimum Gasteiger partial charge on any atom is -0.465 e. The standard InChI is InChI=1S/C14H12ClF3O3/c1-2-20-12(19)11-7-8-13(21-11,14(16,17)18)9-3-5-10(15)6-4-9/h3-7H,2,8H2,1H3. The summed E-state index contributed by atoms with van der Waals surface area (Å²) in [5, 5.41) is 0.313. The highest BCUT2D eigenvalue weighted by Gasteiger charge is 2.61. The van der Waals surface area contributed by atoms with Crippen LogP contribution in [0.25, 0.3) is 0 Å². The number of carbonyl (C=O) groups is 1. The molecule has 0 aromatic heterocycles. The summed E-state index contributed by atoms with van der Waals surface area (Å²) >= 11 is 5.69. The Morgan fingerprint density at radius 2 is 2.00 bits per heavy atom. The van der Waals surface area contributed by atoms with Crippen molar-refractivity contribution in [2.45, 2.75) is 25.1 Å². The van der Waals surface area contributed by atoms with Crippen molar-refractivity contribution in [1.82, 2.24) is 0 Å². The van der Waals surface area contributed by atoms with Gasteiger partial charge in [-0.15, -0.1) is 0 Å². The fraction of sp³-hybridized carbons (Fsp3) is 0.357. The second-order valence-corrected chi connectivity index (χ2v) is 4.86. The SMILES string of the molecule is CCOC(=O)C1=CCC(c2ccc(Cl)cc2)(C(F)(F)F)O1. The zero-order valence-corrected chi connectivity index (χ0v) is 11.8. The Bertz CT molecular complexity index is 566. The van der Waals surface area contributed by atoms with E-state index < -0.39 is 29.9 Å². The summed E-state index contributed by atoms with van der Waals surface area (Å²) < 4.78 is 50.1. The number of halogens is 4. The average Bonchev–Trinajstić information content (AvgIpc) is 2.86. The molecule has 1 heterocycles. The first-order valence-electron chi connectivity index (χ1n) is 6.19. The largest absolute Gasteiger partial charge is 0.465 e. The molecule has 0 saturated heterocycles. The van der Waals surface area contributed by atoms with Crippen LogP contribution in [0.5, 0.6) is 0 Å². The molecule has 0 aliphatic carbocycles. The molecule has 1 aromatic carbocycles. The van der Waals surface area contributed by atoms with Crippen LogP contribution < -0.4 is 0 Å². The number of hydrogen-bond acceptors (Lipinski definition) is 3. The number of carbonyl (C=O) groups excluding carboxylic acids is 1. The van der Waals surface area contributed by atoms with Gasteiger partial charge < -0.3 is 9.47 Å². The number of alkyl halides is 3. The normalized spacial score (nSPS) is 21.7. The van der Waals surface area contributed by atoms with Crippen LogP contribution in [-0.2, 0) is 19.9 Å². The topological polar surface area (TPSA) is 35.5 Å². The minimum atomic E-state index is -4.69. The summed E-state index contributed by atoms with van der Waals surface area (Å²) in [6.45, 7) is 1.61. The van der Waals surface area contributed by atoms with Crippen LogP contribution in [0.1, 0.15) is 18.9 Å². The summed E-state index contributed by atoms with van der Waals surface area (Å²) in [6.07, 6.45) is -4.09. The molecule has 3 nitrogen and oxygen atoms in total. The summed E-state index contributed by atoms with van der Waals surface area (Å²) in [5.41, 5.74) is -2.70. The molecule has 0 radical (unpaired) electrons. The summed E-state index contributed by atoms with van der Waals surface area (Å²) in [4.78, 5) is 11.5. The van der Waals surface area contributed by atoms with Gasteiger partial charge in [0.25, 0.3) is 0 Å². The van der Waals surface area contributed by atoms with Gasteiger partial charge in [-0.1, -0.05) is 23.7 Å². The summed E-state index contributed by atoms with van der Waals surface area (Å²) in [5.74, 6) is -1.33. The third-order valence-corrected chi connectivity index (χ3v) is 3.36. The number of hydrogen-bond donors (Lipinski definition) is 0. The molecule has 114 valence electrons. The Morgan fingerprint density at radius 1 is 1.38 bits per heavy atom. The highest BCUT2D eigenvalue weighted by molar-refractivity contribution is 6.30. The van der Waals surface area contributed by atoms with E-state index in [1.807, 2.05) is 0 Å². The Morgan fingerprint density at radius 3 is 2.52 bits per heavy atom. The molecule has 0 amide bonds. The Hall–Kier alpha value is -1.69. The lowest BCUT2D eigenvalue weighted by molar-refractivity contribution is -0.265. The van der Waals surface area contributed by atoms with Crippen molar-refractivity contribution in [3.05, 3.63) is 46.7 Å². The number of rotatable bonds is 3. The van der Waals surface area contributed by atoms with Crippen LogP contribution in [0.3, 0.4) is 0 Å². The second kappa shape index (κ2) is 5.60. The van der Waals surface area contributed by atoms with Gasteiger partial charge in [0.1, 0.15) is 0 Å². The number of benzene rings is 1. The van der Waals surface area contributed by atoms with Crippen molar-refractivity contribution in [1.29, 1.82) is 0 Å². The fourth-order valence-electron chi connectivity index (χ4n) is 2.07. The molecular weight excluding hydrogens is 309 g/mol. The molecule has 21 heavy (non-hydrogen) atoms. The maximum Gasteiger partial charge on any atom is 0.432 e. The van der Waals surface area contributed by atoms with Crippen LogP contribution >= 0.6 is 11.6 Å². The van der Waals surface area contributed by atoms with E-state index in [0.29, 0.717) is 5.02 Å². The monoisotopic (exact) mass is 320 g/mol. The van der Waals surface area contributed by atoms with E-state index in [4.69, 9.17) is 16.3 Å². The highest BCUT2D eigenvalue weighted by Crippen LogP contribution is 2.50. The molecular formula is C14H12ClF3O3. The van der Waals surface area contributed by atoms with Gasteiger partial charge >= 0.3 is 12.1 Å². The lowest BCUT2D eigenvalue weighted by Gasteiger charge is -2.32. The maximum absolute atomic E-state index is 13.5. The van der Waals surface area contributed by atoms with Gasteiger partial charge in [0, 0.05) is 17.0 Å². The Balaban J connectivity index is 2.35. The van der Waals surface area contributed by atoms with E-state index in [-0.39, 0.29) is 12.2 Å². The molecule has 1 atom stereocenters. The number of esters is 1. The predicted octanol–water partition coefficient (Wildman–Crippen LogP) is 3.96. The Labute approximate surface area is 124 Å². The van der Waals surface area contributed by atoms with Gasteiger partial charge in [-0.25, -0.2) is 4.79 Å². The van der Waals surface area contributed by atoms with Crippen molar-refractivity contribution < 1.29 is 27.4 Å². The fourth-order valence-corrected chi connectivity index (χ4v) is 2.19. The molecule has 1 aliphatic heterocycles. The average molecular weight is 321 g/mol. The molecule has 7 heteroatoms. The zero-order valence-electron chi connectivity index (χ0n) is 11.0. The molecule has 0 saturated carbocycles. The highest BCUT2D eigenvalue weighted by atomic mass is 35.5. The van der Waals surface area contributed by atoms with Crippen LogP contribution in [0, 0.1) is 0 Å². The second-order valence-electron chi connectivity index (χ2n) is 4.43. The van der Waals surface area contributed by atoms with E-state index in [2.05, 4.69) is 4.74 Å². The van der Waals surface area contributed by atoms with Crippen LogP contribution in [0.4, 0.5) is 13.2 Å². The maximum atomic E-state index is 13.5. The Kier molecular flexibility index (Phi) is 4.18. The van der Waals surface area contributed by atoms with E-state index in [1.54, 1.807) is 6.92 Å². The first-order chi connectivity index (χ1) is 9.80. The van der Waals surface area contributed by atoms with E-state index >= 15 is 0 Å². The quantitative estimate of drug-likeness (QED) is 0.791. The van der Waals surface area contributed by atoms with Gasteiger partial charge in [0.15, 0.2) is 0 Å². The van der Waals surface area contributed by atoms with Crippen molar-refractivity contribution in [3.63, 3.8) is 0 Å². The molecule has 1 unspecified atom stereocenters. The van der Waals surface area contributed by atoms with Crippen LogP contribution in [0.15, 0.2) is 36.1 Å². The minimum absolute atomic E-state index is 0.0551. The first kappa shape index (κ1) is 15.7. The van der Waals surface area contributed by atoms with Gasteiger partial charge in [-0.3, -0.25) is 0 Å². The molecule has 0 bridgehead atoms. The van der Waals surface area contributed by atoms with Gasteiger partial charge in [0.05, 0.1) is 6.61 Å². The molecule has 0 N–H and O–H groups in total. The molecule has 0 spiro atoms. The first-order valence-corrected chi connectivity index (χ1v) is 6.57. The van der Waals surface area contributed by atoms with Gasteiger partial charge in [-0.05, 0) is 25.1 Å². The zero-order chi connectivity index (χ0) is 15.7. The lowest BCUT2D eigenvalue weighted by Crippen LogP contribution is -2.42. The van der Waals surface area contributed by atoms with Crippen molar-refractivity contribution in [2.75, 3.05) is 6.61 Å². The number of ether oxygens (including phenoxy) is 2. The summed E-state index contributed by atoms with van der Waals surface area (Å²) in [6, 6.07) is 5.15. The van der Waals surface area contributed by atoms with Gasteiger partial charge in [0.2, 0.25) is 11.4 Å². The van der Waals surface area contributed by atoms with Crippen LogP contribution in [-0.4, -0.2) is 18.8 Å². The molecule has 0 fully saturated rings. The van der Waals surface area contributed by atoms with Crippen molar-refractivity contribution >= 4 is 17.6 Å². The van der Waals surface area contributed by atoms with Crippen molar-refractivity contribution in [3.8, 4) is 0 Å². The predicted molar refractivity (Wildman–Crippen MR) is 69.6 cm³/mol. The molecule has 1 aliphatic rings.